The summed E-state index contributed by atoms with van der Waals surface area (Å²) >= 11 is 0. The highest BCUT2D eigenvalue weighted by Gasteiger charge is 2.21. The topological polar surface area (TPSA) is 55.8 Å². The average Bonchev–Trinajstić information content (AvgIpc) is 2.42. The molecular formula is C17H25NO4. The molecule has 0 bridgehead atoms. The van der Waals surface area contributed by atoms with Crippen molar-refractivity contribution in [3.8, 4) is 5.75 Å². The first-order chi connectivity index (χ1) is 10.3. The number of nitrogens with zero attached hydrogens (tertiary/aromatic N) is 1. The zero-order valence-electron chi connectivity index (χ0n) is 13.8. The predicted molar refractivity (Wildman–Crippen MR) is 85.2 cm³/mol. The van der Waals surface area contributed by atoms with Gasteiger partial charge in [-0.25, -0.2) is 4.79 Å². The van der Waals surface area contributed by atoms with Gasteiger partial charge < -0.3 is 19.2 Å². The summed E-state index contributed by atoms with van der Waals surface area (Å²) in [5, 5.41) is 0. The maximum atomic E-state index is 12.1. The number of rotatable bonds is 7. The summed E-state index contributed by atoms with van der Waals surface area (Å²) in [6.45, 7) is 8.49. The van der Waals surface area contributed by atoms with Crippen LogP contribution < -0.4 is 4.74 Å². The molecule has 0 atom stereocenters. The SMILES string of the molecule is Cc1ccc(OCCN(CCC=O)C(=O)OC(C)(C)C)cc1. The summed E-state index contributed by atoms with van der Waals surface area (Å²) < 4.78 is 10.9. The largest absolute Gasteiger partial charge is 0.492 e. The lowest BCUT2D eigenvalue weighted by molar-refractivity contribution is -0.108. The molecule has 0 aliphatic carbocycles. The molecule has 22 heavy (non-hydrogen) atoms. The Bertz CT molecular complexity index is 476. The van der Waals surface area contributed by atoms with Gasteiger partial charge in [0.25, 0.3) is 0 Å². The van der Waals surface area contributed by atoms with E-state index in [1.807, 2.05) is 52.0 Å². The molecule has 0 aliphatic rings. The van der Waals surface area contributed by atoms with Gasteiger partial charge in [0, 0.05) is 13.0 Å². The van der Waals surface area contributed by atoms with E-state index in [1.54, 1.807) is 0 Å². The van der Waals surface area contributed by atoms with Crippen LogP contribution in [0, 0.1) is 6.92 Å². The number of carbonyl (C=O) groups is 2. The van der Waals surface area contributed by atoms with Crippen molar-refractivity contribution < 1.29 is 19.1 Å². The molecule has 122 valence electrons. The minimum Gasteiger partial charge on any atom is -0.492 e. The van der Waals surface area contributed by atoms with Crippen LogP contribution in [0.3, 0.4) is 0 Å². The summed E-state index contributed by atoms with van der Waals surface area (Å²) in [5.74, 6) is 0.755. The zero-order valence-corrected chi connectivity index (χ0v) is 13.8. The molecule has 1 aromatic carbocycles. The molecule has 0 unspecified atom stereocenters. The number of carbonyl (C=O) groups excluding carboxylic acids is 2. The van der Waals surface area contributed by atoms with Crippen LogP contribution in [-0.4, -0.2) is 42.6 Å². The van der Waals surface area contributed by atoms with Gasteiger partial charge in [-0.05, 0) is 39.8 Å². The standard InChI is InChI=1S/C17H25NO4/c1-14-6-8-15(9-7-14)21-13-11-18(10-5-12-19)16(20)22-17(2,3)4/h6-9,12H,5,10-11,13H2,1-4H3. The maximum Gasteiger partial charge on any atom is 0.410 e. The van der Waals surface area contributed by atoms with Crippen molar-refractivity contribution in [1.82, 2.24) is 4.90 Å². The molecule has 0 spiro atoms. The molecule has 0 N–H and O–H groups in total. The zero-order chi connectivity index (χ0) is 16.6. The molecule has 0 heterocycles. The molecule has 5 heteroatoms. The summed E-state index contributed by atoms with van der Waals surface area (Å²) in [5.41, 5.74) is 0.600. The lowest BCUT2D eigenvalue weighted by Crippen LogP contribution is -2.39. The van der Waals surface area contributed by atoms with Crippen molar-refractivity contribution in [2.24, 2.45) is 0 Å². The Balaban J connectivity index is 2.51. The van der Waals surface area contributed by atoms with Crippen LogP contribution in [-0.2, 0) is 9.53 Å². The third-order valence-electron chi connectivity index (χ3n) is 2.82. The second-order valence-electron chi connectivity index (χ2n) is 6.08. The van der Waals surface area contributed by atoms with E-state index in [0.717, 1.165) is 17.6 Å². The highest BCUT2D eigenvalue weighted by Crippen LogP contribution is 2.12. The molecule has 1 amide bonds. The minimum atomic E-state index is -0.561. The number of aryl methyl sites for hydroxylation is 1. The number of hydrogen-bond acceptors (Lipinski definition) is 4. The Morgan fingerprint density at radius 2 is 1.82 bits per heavy atom. The van der Waals surface area contributed by atoms with E-state index < -0.39 is 11.7 Å². The number of benzene rings is 1. The fraction of sp³-hybridized carbons (Fsp3) is 0.529. The van der Waals surface area contributed by atoms with Gasteiger partial charge in [0.2, 0.25) is 0 Å². The lowest BCUT2D eigenvalue weighted by Gasteiger charge is -2.27. The molecule has 0 radical (unpaired) electrons. The molecule has 0 saturated heterocycles. The molecule has 0 fully saturated rings. The Kier molecular flexibility index (Phi) is 6.89. The smallest absolute Gasteiger partial charge is 0.410 e. The number of hydrogen-bond donors (Lipinski definition) is 0. The van der Waals surface area contributed by atoms with Crippen LogP contribution >= 0.6 is 0 Å². The lowest BCUT2D eigenvalue weighted by atomic mass is 10.2. The van der Waals surface area contributed by atoms with Gasteiger partial charge in [0.15, 0.2) is 0 Å². The first kappa shape index (κ1) is 18.0. The molecule has 1 rings (SSSR count). The van der Waals surface area contributed by atoms with Gasteiger partial charge in [0.1, 0.15) is 24.2 Å². The van der Waals surface area contributed by atoms with Gasteiger partial charge in [-0.2, -0.15) is 0 Å². The van der Waals surface area contributed by atoms with E-state index in [1.165, 1.54) is 4.90 Å². The third kappa shape index (κ3) is 7.11. The van der Waals surface area contributed by atoms with Crippen molar-refractivity contribution >= 4 is 12.4 Å². The summed E-state index contributed by atoms with van der Waals surface area (Å²) in [6.07, 6.45) is 0.643. The van der Waals surface area contributed by atoms with Crippen molar-refractivity contribution in [3.05, 3.63) is 29.8 Å². The van der Waals surface area contributed by atoms with Crippen molar-refractivity contribution in [3.63, 3.8) is 0 Å². The van der Waals surface area contributed by atoms with Crippen LogP contribution in [0.25, 0.3) is 0 Å². The second kappa shape index (κ2) is 8.41. The maximum absolute atomic E-state index is 12.1. The quantitative estimate of drug-likeness (QED) is 0.726. The molecular weight excluding hydrogens is 282 g/mol. The van der Waals surface area contributed by atoms with E-state index in [0.29, 0.717) is 19.7 Å². The first-order valence-corrected chi connectivity index (χ1v) is 7.43. The Labute approximate surface area is 132 Å². The van der Waals surface area contributed by atoms with Crippen molar-refractivity contribution in [2.75, 3.05) is 19.7 Å². The molecule has 5 nitrogen and oxygen atoms in total. The van der Waals surface area contributed by atoms with Crippen molar-refractivity contribution in [1.29, 1.82) is 0 Å². The Morgan fingerprint density at radius 3 is 2.36 bits per heavy atom. The Hall–Kier alpha value is -2.04. The molecule has 0 aliphatic heterocycles. The van der Waals surface area contributed by atoms with E-state index in [2.05, 4.69) is 0 Å². The molecule has 0 saturated carbocycles. The third-order valence-corrected chi connectivity index (χ3v) is 2.82. The first-order valence-electron chi connectivity index (χ1n) is 7.43. The average molecular weight is 307 g/mol. The van der Waals surface area contributed by atoms with Gasteiger partial charge in [-0.3, -0.25) is 0 Å². The fourth-order valence-corrected chi connectivity index (χ4v) is 1.74. The summed E-state index contributed by atoms with van der Waals surface area (Å²) in [7, 11) is 0. The molecule has 0 aromatic heterocycles. The van der Waals surface area contributed by atoms with Gasteiger partial charge in [0.05, 0.1) is 6.54 Å². The summed E-state index contributed by atoms with van der Waals surface area (Å²) in [4.78, 5) is 24.1. The normalized spacial score (nSPS) is 10.9. The van der Waals surface area contributed by atoms with Crippen LogP contribution in [0.5, 0.6) is 5.75 Å². The van der Waals surface area contributed by atoms with Gasteiger partial charge in [-0.1, -0.05) is 17.7 Å². The number of aldehydes is 1. The predicted octanol–water partition coefficient (Wildman–Crippen LogP) is 3.20. The van der Waals surface area contributed by atoms with Crippen molar-refractivity contribution in [2.45, 2.75) is 39.7 Å². The van der Waals surface area contributed by atoms with Gasteiger partial charge >= 0.3 is 6.09 Å². The van der Waals surface area contributed by atoms with E-state index in [4.69, 9.17) is 9.47 Å². The fourth-order valence-electron chi connectivity index (χ4n) is 1.74. The van der Waals surface area contributed by atoms with E-state index >= 15 is 0 Å². The number of amides is 1. The highest BCUT2D eigenvalue weighted by molar-refractivity contribution is 5.68. The van der Waals surface area contributed by atoms with Crippen LogP contribution in [0.2, 0.25) is 0 Å². The second-order valence-corrected chi connectivity index (χ2v) is 6.08. The highest BCUT2D eigenvalue weighted by atomic mass is 16.6. The summed E-state index contributed by atoms with van der Waals surface area (Å²) in [6, 6.07) is 7.71. The number of ether oxygens (including phenoxy) is 2. The van der Waals surface area contributed by atoms with Crippen LogP contribution in [0.4, 0.5) is 4.79 Å². The van der Waals surface area contributed by atoms with Gasteiger partial charge in [-0.15, -0.1) is 0 Å². The monoisotopic (exact) mass is 307 g/mol. The van der Waals surface area contributed by atoms with E-state index in [-0.39, 0.29) is 6.42 Å². The van der Waals surface area contributed by atoms with Crippen LogP contribution in [0.1, 0.15) is 32.8 Å². The van der Waals surface area contributed by atoms with E-state index in [9.17, 15) is 9.59 Å². The Morgan fingerprint density at radius 1 is 1.18 bits per heavy atom. The minimum absolute atomic E-state index is 0.282. The van der Waals surface area contributed by atoms with Crippen LogP contribution in [0.15, 0.2) is 24.3 Å². The molecule has 1 aromatic rings.